The molecule has 0 aromatic heterocycles. The lowest BCUT2D eigenvalue weighted by Crippen LogP contribution is -2.40. The minimum atomic E-state index is -3.54. The Bertz CT molecular complexity index is 612. The molecular formula is C14H18N2O3S. The summed E-state index contributed by atoms with van der Waals surface area (Å²) in [6.07, 6.45) is 0.922. The van der Waals surface area contributed by atoms with Gasteiger partial charge in [-0.25, -0.2) is 8.42 Å². The van der Waals surface area contributed by atoms with Gasteiger partial charge in [-0.2, -0.15) is 9.57 Å². The van der Waals surface area contributed by atoms with E-state index in [-0.39, 0.29) is 10.8 Å². The molecule has 1 heterocycles. The Morgan fingerprint density at radius 2 is 2.05 bits per heavy atom. The normalized spacial score (nSPS) is 19.4. The third kappa shape index (κ3) is 3.01. The highest BCUT2D eigenvalue weighted by Gasteiger charge is 2.30. The molecule has 1 saturated heterocycles. The van der Waals surface area contributed by atoms with Gasteiger partial charge in [0.05, 0.1) is 22.6 Å². The van der Waals surface area contributed by atoms with Crippen molar-refractivity contribution < 1.29 is 13.5 Å². The molecule has 0 bridgehead atoms. The summed E-state index contributed by atoms with van der Waals surface area (Å²) in [4.78, 5) is 0.159. The summed E-state index contributed by atoms with van der Waals surface area (Å²) in [5.74, 6) is 0.159. The molecule has 1 aromatic carbocycles. The highest BCUT2D eigenvalue weighted by Crippen LogP contribution is 2.25. The molecule has 1 fully saturated rings. The zero-order valence-corrected chi connectivity index (χ0v) is 12.2. The van der Waals surface area contributed by atoms with Crippen LogP contribution in [0.2, 0.25) is 0 Å². The first-order valence-corrected chi connectivity index (χ1v) is 8.07. The molecular weight excluding hydrogens is 276 g/mol. The van der Waals surface area contributed by atoms with Gasteiger partial charge in [0.15, 0.2) is 0 Å². The number of nitrogens with zero attached hydrogens (tertiary/aromatic N) is 2. The van der Waals surface area contributed by atoms with E-state index in [0.717, 1.165) is 0 Å². The van der Waals surface area contributed by atoms with Crippen LogP contribution in [0.3, 0.4) is 0 Å². The minimum Gasteiger partial charge on any atom is -0.393 e. The average Bonchev–Trinajstić information content (AvgIpc) is 2.47. The van der Waals surface area contributed by atoms with Crippen molar-refractivity contribution in [3.8, 4) is 6.07 Å². The molecule has 6 heteroatoms. The molecule has 0 radical (unpaired) electrons. The summed E-state index contributed by atoms with van der Waals surface area (Å²) >= 11 is 0. The van der Waals surface area contributed by atoms with Crippen LogP contribution in [0.15, 0.2) is 29.2 Å². The second-order valence-electron chi connectivity index (χ2n) is 5.12. The van der Waals surface area contributed by atoms with E-state index in [9.17, 15) is 13.5 Å². The standard InChI is InChI=1S/C14H18N2O3S/c1-11(17)13-5-7-16(8-6-13)20(18,19)14-4-2-3-12(9-14)10-15/h2-4,9,11,13,17H,5-8H2,1H3. The first-order chi connectivity index (χ1) is 9.45. The van der Waals surface area contributed by atoms with Gasteiger partial charge in [-0.1, -0.05) is 6.07 Å². The maximum Gasteiger partial charge on any atom is 0.243 e. The van der Waals surface area contributed by atoms with Crippen LogP contribution in [0, 0.1) is 17.2 Å². The summed E-state index contributed by atoms with van der Waals surface area (Å²) in [5.41, 5.74) is 0.338. The second-order valence-corrected chi connectivity index (χ2v) is 7.06. The topological polar surface area (TPSA) is 81.4 Å². The number of sulfonamides is 1. The van der Waals surface area contributed by atoms with Crippen LogP contribution in [-0.4, -0.2) is 37.0 Å². The van der Waals surface area contributed by atoms with E-state index in [1.165, 1.54) is 16.4 Å². The lowest BCUT2D eigenvalue weighted by molar-refractivity contribution is 0.0912. The fourth-order valence-corrected chi connectivity index (χ4v) is 3.99. The third-order valence-corrected chi connectivity index (χ3v) is 5.68. The fraction of sp³-hybridized carbons (Fsp3) is 0.500. The molecule has 20 heavy (non-hydrogen) atoms. The monoisotopic (exact) mass is 294 g/mol. The maximum absolute atomic E-state index is 12.5. The van der Waals surface area contributed by atoms with Crippen LogP contribution in [0.5, 0.6) is 0 Å². The molecule has 108 valence electrons. The number of hydrogen-bond donors (Lipinski definition) is 1. The molecule has 5 nitrogen and oxygen atoms in total. The average molecular weight is 294 g/mol. The Morgan fingerprint density at radius 1 is 1.40 bits per heavy atom. The molecule has 1 unspecified atom stereocenters. The second kappa shape index (κ2) is 5.92. The van der Waals surface area contributed by atoms with Gasteiger partial charge in [-0.3, -0.25) is 0 Å². The highest BCUT2D eigenvalue weighted by atomic mass is 32.2. The first kappa shape index (κ1) is 15.0. The summed E-state index contributed by atoms with van der Waals surface area (Å²) in [7, 11) is -3.54. The van der Waals surface area contributed by atoms with E-state index in [4.69, 9.17) is 5.26 Å². The van der Waals surface area contributed by atoms with E-state index in [2.05, 4.69) is 0 Å². The van der Waals surface area contributed by atoms with Gasteiger partial charge in [0.1, 0.15) is 0 Å². The van der Waals surface area contributed by atoms with E-state index >= 15 is 0 Å². The molecule has 1 aliphatic rings. The summed E-state index contributed by atoms with van der Waals surface area (Å²) in [6.45, 7) is 2.56. The van der Waals surface area contributed by atoms with Gasteiger partial charge in [-0.15, -0.1) is 0 Å². The minimum absolute atomic E-state index is 0.159. The Morgan fingerprint density at radius 3 is 2.60 bits per heavy atom. The van der Waals surface area contributed by atoms with Crippen LogP contribution >= 0.6 is 0 Å². The van der Waals surface area contributed by atoms with Crippen molar-refractivity contribution >= 4 is 10.0 Å². The lowest BCUT2D eigenvalue weighted by atomic mass is 9.93. The van der Waals surface area contributed by atoms with Crippen LogP contribution in [0.4, 0.5) is 0 Å². The number of nitriles is 1. The zero-order valence-electron chi connectivity index (χ0n) is 11.4. The van der Waals surface area contributed by atoms with Gasteiger partial charge >= 0.3 is 0 Å². The zero-order chi connectivity index (χ0) is 14.8. The number of hydrogen-bond acceptors (Lipinski definition) is 4. The predicted octanol–water partition coefficient (Wildman–Crippen LogP) is 1.34. The van der Waals surface area contributed by atoms with Gasteiger partial charge in [0.2, 0.25) is 10.0 Å². The highest BCUT2D eigenvalue weighted by molar-refractivity contribution is 7.89. The molecule has 0 amide bonds. The summed E-state index contributed by atoms with van der Waals surface area (Å²) in [6, 6.07) is 8.02. The molecule has 1 aromatic rings. The van der Waals surface area contributed by atoms with E-state index in [1.54, 1.807) is 19.1 Å². The van der Waals surface area contributed by atoms with E-state index in [0.29, 0.717) is 31.5 Å². The molecule has 1 N–H and O–H groups in total. The van der Waals surface area contributed by atoms with E-state index in [1.807, 2.05) is 6.07 Å². The van der Waals surface area contributed by atoms with Crippen molar-refractivity contribution in [1.82, 2.24) is 4.31 Å². The third-order valence-electron chi connectivity index (χ3n) is 3.78. The van der Waals surface area contributed by atoms with Gasteiger partial charge in [0, 0.05) is 13.1 Å². The lowest BCUT2D eigenvalue weighted by Gasteiger charge is -2.32. The van der Waals surface area contributed by atoms with Crippen molar-refractivity contribution in [2.24, 2.45) is 5.92 Å². The number of piperidine rings is 1. The van der Waals surface area contributed by atoms with Crippen molar-refractivity contribution in [1.29, 1.82) is 5.26 Å². The van der Waals surface area contributed by atoms with Crippen LogP contribution in [0.1, 0.15) is 25.3 Å². The van der Waals surface area contributed by atoms with Crippen molar-refractivity contribution in [2.45, 2.75) is 30.8 Å². The van der Waals surface area contributed by atoms with Gasteiger partial charge < -0.3 is 5.11 Å². The van der Waals surface area contributed by atoms with E-state index < -0.39 is 16.1 Å². The Hall–Kier alpha value is -1.42. The van der Waals surface area contributed by atoms with Crippen LogP contribution in [0.25, 0.3) is 0 Å². The largest absolute Gasteiger partial charge is 0.393 e. The van der Waals surface area contributed by atoms with Gasteiger partial charge in [-0.05, 0) is 43.9 Å². The SMILES string of the molecule is CC(O)C1CCN(S(=O)(=O)c2cccc(C#N)c2)CC1. The van der Waals surface area contributed by atoms with Crippen molar-refractivity contribution in [3.05, 3.63) is 29.8 Å². The number of benzene rings is 1. The molecule has 1 atom stereocenters. The van der Waals surface area contributed by atoms with Crippen LogP contribution < -0.4 is 0 Å². The molecule has 1 aliphatic heterocycles. The van der Waals surface area contributed by atoms with Crippen LogP contribution in [-0.2, 0) is 10.0 Å². The molecule has 0 spiro atoms. The smallest absolute Gasteiger partial charge is 0.243 e. The number of rotatable bonds is 3. The first-order valence-electron chi connectivity index (χ1n) is 6.63. The molecule has 2 rings (SSSR count). The molecule has 0 aliphatic carbocycles. The van der Waals surface area contributed by atoms with Gasteiger partial charge in [0.25, 0.3) is 0 Å². The number of aliphatic hydroxyl groups is 1. The fourth-order valence-electron chi connectivity index (χ4n) is 2.47. The molecule has 0 saturated carbocycles. The maximum atomic E-state index is 12.5. The number of aliphatic hydroxyl groups excluding tert-OH is 1. The summed E-state index contributed by atoms with van der Waals surface area (Å²) < 4.78 is 26.4. The summed E-state index contributed by atoms with van der Waals surface area (Å²) in [5, 5.41) is 18.4. The van der Waals surface area contributed by atoms with Crippen molar-refractivity contribution in [3.63, 3.8) is 0 Å². The van der Waals surface area contributed by atoms with Crippen molar-refractivity contribution in [2.75, 3.05) is 13.1 Å². The predicted molar refractivity (Wildman–Crippen MR) is 74.3 cm³/mol. The Balaban J connectivity index is 2.18. The quantitative estimate of drug-likeness (QED) is 0.912. The Kier molecular flexibility index (Phi) is 4.43. The Labute approximate surface area is 119 Å².